The molecular weight excluding hydrogens is 444 g/mol. The third-order valence-electron chi connectivity index (χ3n) is 11.2. The van der Waals surface area contributed by atoms with Gasteiger partial charge in [-0.1, -0.05) is 63.1 Å². The van der Waals surface area contributed by atoms with Crippen LogP contribution in [0.1, 0.15) is 81.4 Å². The van der Waals surface area contributed by atoms with Crippen molar-refractivity contribution in [3.8, 4) is 5.75 Å². The second-order valence-corrected chi connectivity index (χ2v) is 13.0. The number of rotatable bonds is 5. The van der Waals surface area contributed by atoms with E-state index in [9.17, 15) is 5.11 Å². The molecule has 192 valence electrons. The lowest BCUT2D eigenvalue weighted by Crippen LogP contribution is -2.48. The second kappa shape index (κ2) is 8.88. The summed E-state index contributed by atoms with van der Waals surface area (Å²) in [4.78, 5) is 0. The topological polar surface area (TPSA) is 38.7 Å². The van der Waals surface area contributed by atoms with Gasteiger partial charge >= 0.3 is 0 Å². The maximum Gasteiger partial charge on any atom is 0.120 e. The Bertz CT molecular complexity index is 1090. The van der Waals surface area contributed by atoms with Crippen LogP contribution in [0.2, 0.25) is 0 Å². The zero-order valence-corrected chi connectivity index (χ0v) is 21.9. The highest BCUT2D eigenvalue weighted by Crippen LogP contribution is 2.69. The fourth-order valence-electron chi connectivity index (χ4n) is 9.84. The first kappa shape index (κ1) is 23.3. The van der Waals surface area contributed by atoms with Crippen molar-refractivity contribution in [1.82, 2.24) is 0 Å². The van der Waals surface area contributed by atoms with Gasteiger partial charge in [-0.2, -0.15) is 0 Å². The zero-order chi connectivity index (χ0) is 24.4. The van der Waals surface area contributed by atoms with Crippen molar-refractivity contribution in [2.24, 2.45) is 35.0 Å². The molecule has 2 aromatic carbocycles. The summed E-state index contributed by atoms with van der Waals surface area (Å²) in [5.74, 6) is 4.83. The van der Waals surface area contributed by atoms with E-state index < -0.39 is 0 Å². The maximum atomic E-state index is 11.4. The predicted molar refractivity (Wildman–Crippen MR) is 142 cm³/mol. The van der Waals surface area contributed by atoms with E-state index in [0.29, 0.717) is 42.5 Å². The number of aliphatic hydroxyl groups is 1. The molecule has 5 fully saturated rings. The quantitative estimate of drug-likeness (QED) is 0.499. The molecule has 2 aromatic rings. The molecule has 2 bridgehead atoms. The average molecular weight is 487 g/mol. The Kier molecular flexibility index (Phi) is 5.74. The van der Waals surface area contributed by atoms with Crippen LogP contribution in [-0.2, 0) is 17.8 Å². The Hall–Kier alpha value is -1.84. The summed E-state index contributed by atoms with van der Waals surface area (Å²) in [5, 5.41) is 11.4. The normalized spacial score (nSPS) is 42.2. The number of ether oxygens (including phenoxy) is 2. The van der Waals surface area contributed by atoms with E-state index in [0.717, 1.165) is 24.0 Å². The molecule has 0 radical (unpaired) electrons. The number of benzene rings is 2. The Morgan fingerprint density at radius 3 is 2.72 bits per heavy atom. The fraction of sp³-hybridized carbons (Fsp3) is 0.636. The van der Waals surface area contributed by atoms with Crippen molar-refractivity contribution < 1.29 is 14.6 Å². The van der Waals surface area contributed by atoms with Crippen LogP contribution in [0.15, 0.2) is 48.5 Å². The van der Waals surface area contributed by atoms with Crippen molar-refractivity contribution in [3.63, 3.8) is 0 Å². The van der Waals surface area contributed by atoms with E-state index in [4.69, 9.17) is 9.47 Å². The molecule has 0 aromatic heterocycles. The van der Waals surface area contributed by atoms with Crippen molar-refractivity contribution >= 4 is 0 Å². The van der Waals surface area contributed by atoms with Gasteiger partial charge in [0.25, 0.3) is 0 Å². The zero-order valence-electron chi connectivity index (χ0n) is 21.9. The SMILES string of the molecule is CCCC1Cc2cc(OCc3ccccc3)ccc2C2CCC3(C)C(CC4C5CC(CC(O)C43)O5)C12. The third-order valence-corrected chi connectivity index (χ3v) is 11.2. The minimum Gasteiger partial charge on any atom is -0.489 e. The van der Waals surface area contributed by atoms with Crippen LogP contribution in [0.5, 0.6) is 5.75 Å². The lowest BCUT2D eigenvalue weighted by atomic mass is 9.50. The number of hydrogen-bond acceptors (Lipinski definition) is 3. The van der Waals surface area contributed by atoms with Gasteiger partial charge in [0.1, 0.15) is 12.4 Å². The molecule has 2 saturated heterocycles. The molecular formula is C33H42O3. The van der Waals surface area contributed by atoms with Gasteiger partial charge < -0.3 is 14.6 Å². The fourth-order valence-corrected chi connectivity index (χ4v) is 9.84. The minimum atomic E-state index is -0.177. The summed E-state index contributed by atoms with van der Waals surface area (Å²) in [6.45, 7) is 5.54. The maximum absolute atomic E-state index is 11.4. The first-order chi connectivity index (χ1) is 17.5. The van der Waals surface area contributed by atoms with Crippen molar-refractivity contribution in [3.05, 3.63) is 65.2 Å². The smallest absolute Gasteiger partial charge is 0.120 e. The highest BCUT2D eigenvalue weighted by atomic mass is 16.5. The van der Waals surface area contributed by atoms with Crippen molar-refractivity contribution in [2.45, 2.75) is 96.1 Å². The predicted octanol–water partition coefficient (Wildman–Crippen LogP) is 6.91. The molecule has 10 atom stereocenters. The lowest BCUT2D eigenvalue weighted by molar-refractivity contribution is -0.143. The van der Waals surface area contributed by atoms with Crippen LogP contribution < -0.4 is 4.74 Å². The van der Waals surface area contributed by atoms with E-state index in [2.05, 4.69) is 62.4 Å². The number of fused-ring (bicyclic) bond motifs is 6. The first-order valence-electron chi connectivity index (χ1n) is 14.7. The van der Waals surface area contributed by atoms with E-state index in [1.165, 1.54) is 56.1 Å². The summed E-state index contributed by atoms with van der Waals surface area (Å²) >= 11 is 0. The molecule has 0 amide bonds. The molecule has 2 heterocycles. The van der Waals surface area contributed by atoms with Gasteiger partial charge in [-0.25, -0.2) is 0 Å². The van der Waals surface area contributed by atoms with Crippen LogP contribution in [0, 0.1) is 35.0 Å². The molecule has 2 aliphatic heterocycles. The molecule has 3 saturated carbocycles. The lowest BCUT2D eigenvalue weighted by Gasteiger charge is -2.54. The largest absolute Gasteiger partial charge is 0.489 e. The van der Waals surface area contributed by atoms with Gasteiger partial charge in [0.05, 0.1) is 18.3 Å². The van der Waals surface area contributed by atoms with Crippen LogP contribution >= 0.6 is 0 Å². The molecule has 3 heteroatoms. The van der Waals surface area contributed by atoms with Crippen molar-refractivity contribution in [1.29, 1.82) is 0 Å². The van der Waals surface area contributed by atoms with Crippen LogP contribution in [-0.4, -0.2) is 23.4 Å². The monoisotopic (exact) mass is 486 g/mol. The van der Waals surface area contributed by atoms with E-state index in [1.807, 2.05) is 0 Å². The summed E-state index contributed by atoms with van der Waals surface area (Å²) in [6, 6.07) is 17.4. The summed E-state index contributed by atoms with van der Waals surface area (Å²) < 4.78 is 12.5. The molecule has 6 aliphatic rings. The third kappa shape index (κ3) is 3.60. The summed E-state index contributed by atoms with van der Waals surface area (Å²) in [6.07, 6.45) is 10.1. The van der Waals surface area contributed by atoms with Gasteiger partial charge in [-0.05, 0) is 102 Å². The van der Waals surface area contributed by atoms with Gasteiger partial charge in [0.2, 0.25) is 0 Å². The van der Waals surface area contributed by atoms with Gasteiger partial charge in [0.15, 0.2) is 0 Å². The first-order valence-corrected chi connectivity index (χ1v) is 14.7. The molecule has 3 nitrogen and oxygen atoms in total. The Morgan fingerprint density at radius 1 is 1.08 bits per heavy atom. The van der Waals surface area contributed by atoms with E-state index in [1.54, 1.807) is 5.56 Å². The Morgan fingerprint density at radius 2 is 1.92 bits per heavy atom. The number of aliphatic hydroxyl groups excluding tert-OH is 1. The van der Waals surface area contributed by atoms with E-state index >= 15 is 0 Å². The molecule has 0 spiro atoms. The summed E-state index contributed by atoms with van der Waals surface area (Å²) in [5.41, 5.74) is 4.59. The van der Waals surface area contributed by atoms with Gasteiger partial charge in [0, 0.05) is 6.42 Å². The Labute approximate surface area is 216 Å². The van der Waals surface area contributed by atoms with Gasteiger partial charge in [-0.15, -0.1) is 0 Å². The van der Waals surface area contributed by atoms with Crippen LogP contribution in [0.25, 0.3) is 0 Å². The molecule has 10 unspecified atom stereocenters. The average Bonchev–Trinajstić information content (AvgIpc) is 3.00. The second-order valence-electron chi connectivity index (χ2n) is 13.0. The highest BCUT2D eigenvalue weighted by Gasteiger charge is 2.65. The number of hydrogen-bond donors (Lipinski definition) is 1. The van der Waals surface area contributed by atoms with Crippen LogP contribution in [0.4, 0.5) is 0 Å². The minimum absolute atomic E-state index is 0.177. The van der Waals surface area contributed by atoms with Gasteiger partial charge in [-0.3, -0.25) is 0 Å². The molecule has 1 N–H and O–H groups in total. The highest BCUT2D eigenvalue weighted by molar-refractivity contribution is 5.41. The molecule has 8 rings (SSSR count). The van der Waals surface area contributed by atoms with E-state index in [-0.39, 0.29) is 11.5 Å². The van der Waals surface area contributed by atoms with Crippen LogP contribution in [0.3, 0.4) is 0 Å². The molecule has 36 heavy (non-hydrogen) atoms. The van der Waals surface area contributed by atoms with Crippen molar-refractivity contribution in [2.75, 3.05) is 0 Å². The Balaban J connectivity index is 1.18. The molecule has 4 aliphatic carbocycles. The summed E-state index contributed by atoms with van der Waals surface area (Å²) in [7, 11) is 0. The standard InChI is InChI=1S/C33H42O3/c1-3-7-21-14-22-15-23(35-19-20-8-5-4-6-9-20)10-11-25(22)26-12-13-33(2)28(31(21)26)18-27-30-17-24(36-30)16-29(34)32(27)33/h4-6,8-11,15,21,24,26-32,34H,3,7,12-14,16-19H2,1-2H3.